The molecule has 1 aromatic carbocycles. The van der Waals surface area contributed by atoms with Crippen LogP contribution in [0.2, 0.25) is 0 Å². The molecule has 31 heavy (non-hydrogen) atoms. The van der Waals surface area contributed by atoms with Gasteiger partial charge in [0.15, 0.2) is 11.5 Å². The molecular formula is C19H22N6O6. The molecule has 0 aliphatic carbocycles. The summed E-state index contributed by atoms with van der Waals surface area (Å²) >= 11 is 0. The minimum atomic E-state index is -0.523. The first-order valence-corrected chi connectivity index (χ1v) is 9.85. The lowest BCUT2D eigenvalue weighted by molar-refractivity contribution is -0.384. The minimum absolute atomic E-state index is 0.125. The summed E-state index contributed by atoms with van der Waals surface area (Å²) in [4.78, 5) is 34.8. The number of anilines is 2. The van der Waals surface area contributed by atoms with Crippen LogP contribution in [-0.4, -0.2) is 65.5 Å². The molecule has 3 heterocycles. The standard InChI is InChI=1S/C19H22N6O6/c1-2-29-19(26)24-7-5-23(6-8-24)18-21-11-14(25(27)28)17(22-18)20-10-13-3-4-15-16(9-13)31-12-30-15/h3-4,9,11H,2,5-8,10,12H2,1H3,(H,20,21,22). The molecule has 1 saturated heterocycles. The Morgan fingerprint density at radius 1 is 1.26 bits per heavy atom. The Bertz CT molecular complexity index is 978. The third-order valence-corrected chi connectivity index (χ3v) is 4.94. The van der Waals surface area contributed by atoms with E-state index in [9.17, 15) is 14.9 Å². The van der Waals surface area contributed by atoms with Crippen molar-refractivity contribution < 1.29 is 23.9 Å². The Kier molecular flexibility index (Phi) is 5.87. The number of rotatable bonds is 6. The van der Waals surface area contributed by atoms with Crippen molar-refractivity contribution in [2.75, 3.05) is 49.8 Å². The van der Waals surface area contributed by atoms with E-state index < -0.39 is 4.92 Å². The van der Waals surface area contributed by atoms with Gasteiger partial charge in [-0.2, -0.15) is 4.98 Å². The van der Waals surface area contributed by atoms with Crippen molar-refractivity contribution in [1.29, 1.82) is 0 Å². The van der Waals surface area contributed by atoms with E-state index in [0.29, 0.717) is 56.8 Å². The van der Waals surface area contributed by atoms with E-state index >= 15 is 0 Å². The lowest BCUT2D eigenvalue weighted by atomic mass is 10.2. The second kappa shape index (κ2) is 8.90. The van der Waals surface area contributed by atoms with Gasteiger partial charge in [-0.15, -0.1) is 0 Å². The molecule has 0 spiro atoms. The molecule has 12 nitrogen and oxygen atoms in total. The smallest absolute Gasteiger partial charge is 0.409 e. The number of aromatic nitrogens is 2. The van der Waals surface area contributed by atoms with Crippen molar-refractivity contribution >= 4 is 23.5 Å². The minimum Gasteiger partial charge on any atom is -0.454 e. The molecule has 1 N–H and O–H groups in total. The Balaban J connectivity index is 1.45. The number of nitrogens with one attached hydrogen (secondary N) is 1. The van der Waals surface area contributed by atoms with Crippen LogP contribution in [0.25, 0.3) is 0 Å². The number of amides is 1. The van der Waals surface area contributed by atoms with Gasteiger partial charge in [0.25, 0.3) is 0 Å². The van der Waals surface area contributed by atoms with E-state index in [1.165, 1.54) is 6.20 Å². The third kappa shape index (κ3) is 4.52. The van der Waals surface area contributed by atoms with Crippen LogP contribution in [0.5, 0.6) is 11.5 Å². The van der Waals surface area contributed by atoms with Gasteiger partial charge < -0.3 is 29.3 Å². The maximum Gasteiger partial charge on any atom is 0.409 e. The predicted molar refractivity (Wildman–Crippen MR) is 109 cm³/mol. The number of benzene rings is 1. The molecule has 12 heteroatoms. The van der Waals surface area contributed by atoms with Crippen molar-refractivity contribution in [3.8, 4) is 11.5 Å². The fourth-order valence-electron chi connectivity index (χ4n) is 3.32. The Hall–Kier alpha value is -3.83. The average molecular weight is 430 g/mol. The summed E-state index contributed by atoms with van der Waals surface area (Å²) in [5, 5.41) is 14.5. The number of nitrogens with zero attached hydrogens (tertiary/aromatic N) is 5. The topological polar surface area (TPSA) is 132 Å². The summed E-state index contributed by atoms with van der Waals surface area (Å²) in [5.41, 5.74) is 0.649. The molecule has 2 aromatic rings. The quantitative estimate of drug-likeness (QED) is 0.536. The number of carbonyl (C=O) groups is 1. The Morgan fingerprint density at radius 3 is 2.77 bits per heavy atom. The highest BCUT2D eigenvalue weighted by molar-refractivity contribution is 5.68. The summed E-state index contributed by atoms with van der Waals surface area (Å²) in [7, 11) is 0. The van der Waals surface area contributed by atoms with Crippen molar-refractivity contribution in [3.63, 3.8) is 0 Å². The summed E-state index contributed by atoms with van der Waals surface area (Å²) in [6, 6.07) is 5.46. The first kappa shape index (κ1) is 20.4. The number of piperazine rings is 1. The van der Waals surface area contributed by atoms with Crippen molar-refractivity contribution in [2.24, 2.45) is 0 Å². The molecular weight excluding hydrogens is 408 g/mol. The van der Waals surface area contributed by atoms with Gasteiger partial charge in [0.1, 0.15) is 6.20 Å². The monoisotopic (exact) mass is 430 g/mol. The van der Waals surface area contributed by atoms with Gasteiger partial charge in [-0.3, -0.25) is 10.1 Å². The molecule has 0 bridgehead atoms. The normalized spacial score (nSPS) is 15.0. The molecule has 0 radical (unpaired) electrons. The second-order valence-electron chi connectivity index (χ2n) is 6.88. The van der Waals surface area contributed by atoms with Crippen LogP contribution in [0.3, 0.4) is 0 Å². The van der Waals surface area contributed by atoms with Crippen LogP contribution in [0.15, 0.2) is 24.4 Å². The molecule has 0 atom stereocenters. The highest BCUT2D eigenvalue weighted by atomic mass is 16.7. The van der Waals surface area contributed by atoms with Gasteiger partial charge in [-0.1, -0.05) is 6.07 Å². The third-order valence-electron chi connectivity index (χ3n) is 4.94. The fourth-order valence-corrected chi connectivity index (χ4v) is 3.32. The molecule has 2 aliphatic rings. The zero-order valence-corrected chi connectivity index (χ0v) is 16.9. The molecule has 1 amide bonds. The van der Waals surface area contributed by atoms with E-state index in [1.807, 2.05) is 17.0 Å². The van der Waals surface area contributed by atoms with Crippen molar-refractivity contribution in [1.82, 2.24) is 14.9 Å². The Labute approximate surface area is 177 Å². The van der Waals surface area contributed by atoms with E-state index in [2.05, 4.69) is 15.3 Å². The molecule has 0 unspecified atom stereocenters. The summed E-state index contributed by atoms with van der Waals surface area (Å²) in [6.07, 6.45) is 0.847. The highest BCUT2D eigenvalue weighted by Crippen LogP contribution is 2.33. The van der Waals surface area contributed by atoms with Crippen molar-refractivity contribution in [2.45, 2.75) is 13.5 Å². The zero-order valence-electron chi connectivity index (χ0n) is 16.9. The van der Waals surface area contributed by atoms with Gasteiger partial charge in [0.2, 0.25) is 18.6 Å². The highest BCUT2D eigenvalue weighted by Gasteiger charge is 2.25. The number of ether oxygens (including phenoxy) is 3. The molecule has 1 aromatic heterocycles. The van der Waals surface area contributed by atoms with Crippen molar-refractivity contribution in [3.05, 3.63) is 40.1 Å². The number of hydrogen-bond acceptors (Lipinski definition) is 10. The van der Waals surface area contributed by atoms with Gasteiger partial charge in [-0.25, -0.2) is 9.78 Å². The summed E-state index contributed by atoms with van der Waals surface area (Å²) in [5.74, 6) is 1.79. The maximum atomic E-state index is 11.9. The molecule has 164 valence electrons. The van der Waals surface area contributed by atoms with E-state index in [4.69, 9.17) is 14.2 Å². The largest absolute Gasteiger partial charge is 0.454 e. The summed E-state index contributed by atoms with van der Waals surface area (Å²) < 4.78 is 15.7. The second-order valence-corrected chi connectivity index (χ2v) is 6.88. The lowest BCUT2D eigenvalue weighted by Gasteiger charge is -2.34. The number of hydrogen-bond donors (Lipinski definition) is 1. The van der Waals surface area contributed by atoms with Crippen LogP contribution in [-0.2, 0) is 11.3 Å². The lowest BCUT2D eigenvalue weighted by Crippen LogP contribution is -2.49. The first-order valence-electron chi connectivity index (χ1n) is 9.85. The maximum absolute atomic E-state index is 11.9. The molecule has 4 rings (SSSR count). The zero-order chi connectivity index (χ0) is 21.8. The summed E-state index contributed by atoms with van der Waals surface area (Å²) in [6.45, 7) is 4.48. The molecule has 1 fully saturated rings. The number of nitro groups is 1. The van der Waals surface area contributed by atoms with Gasteiger partial charge in [0, 0.05) is 32.7 Å². The van der Waals surface area contributed by atoms with Crippen LogP contribution in [0.1, 0.15) is 12.5 Å². The molecule has 0 saturated carbocycles. The van der Waals surface area contributed by atoms with Gasteiger partial charge >= 0.3 is 11.8 Å². The number of carbonyl (C=O) groups excluding carboxylic acids is 1. The Morgan fingerprint density at radius 2 is 2.03 bits per heavy atom. The fraction of sp³-hybridized carbons (Fsp3) is 0.421. The van der Waals surface area contributed by atoms with Crippen LogP contribution >= 0.6 is 0 Å². The van der Waals surface area contributed by atoms with E-state index in [-0.39, 0.29) is 24.4 Å². The van der Waals surface area contributed by atoms with Gasteiger partial charge in [0.05, 0.1) is 11.5 Å². The van der Waals surface area contributed by atoms with Crippen LogP contribution < -0.4 is 19.7 Å². The first-order chi connectivity index (χ1) is 15.0. The number of fused-ring (bicyclic) bond motifs is 1. The van der Waals surface area contributed by atoms with E-state index in [0.717, 1.165) is 5.56 Å². The van der Waals surface area contributed by atoms with Gasteiger partial charge in [-0.05, 0) is 24.6 Å². The average Bonchev–Trinajstić information content (AvgIpc) is 3.25. The SMILES string of the molecule is CCOC(=O)N1CCN(c2ncc([N+](=O)[O-])c(NCc3ccc4c(c3)OCO4)n2)CC1. The molecule has 2 aliphatic heterocycles. The van der Waals surface area contributed by atoms with Crippen LogP contribution in [0.4, 0.5) is 22.2 Å². The predicted octanol–water partition coefficient (Wildman–Crippen LogP) is 2.00. The van der Waals surface area contributed by atoms with E-state index in [1.54, 1.807) is 17.9 Å². The van der Waals surface area contributed by atoms with Crippen LogP contribution in [0, 0.1) is 10.1 Å².